The van der Waals surface area contributed by atoms with E-state index in [2.05, 4.69) is 27.9 Å². The molecule has 0 spiro atoms. The van der Waals surface area contributed by atoms with E-state index < -0.39 is 6.10 Å². The fourth-order valence-corrected chi connectivity index (χ4v) is 1.78. The normalized spacial score (nSPS) is 12.7. The first-order chi connectivity index (χ1) is 9.08. The van der Waals surface area contributed by atoms with Gasteiger partial charge in [-0.15, -0.1) is 0 Å². The van der Waals surface area contributed by atoms with Gasteiger partial charge in [0.15, 0.2) is 0 Å². The summed E-state index contributed by atoms with van der Waals surface area (Å²) in [7, 11) is 0. The van der Waals surface area contributed by atoms with E-state index in [1.54, 1.807) is 0 Å². The zero-order valence-electron chi connectivity index (χ0n) is 11.4. The van der Waals surface area contributed by atoms with Crippen LogP contribution in [0.1, 0.15) is 13.8 Å². The minimum Gasteiger partial charge on any atom is -0.389 e. The van der Waals surface area contributed by atoms with Crippen LogP contribution in [0, 0.1) is 3.57 Å². The molecule has 0 saturated heterocycles. The first kappa shape index (κ1) is 16.7. The SMILES string of the molecule is CC(C)OCCOCC(O)CNc1ccc(I)cc1. The van der Waals surface area contributed by atoms with Gasteiger partial charge in [0.1, 0.15) is 0 Å². The predicted molar refractivity (Wildman–Crippen MR) is 85.6 cm³/mol. The summed E-state index contributed by atoms with van der Waals surface area (Å²) in [6, 6.07) is 8.03. The van der Waals surface area contributed by atoms with Crippen molar-refractivity contribution in [1.29, 1.82) is 0 Å². The molecule has 0 aliphatic heterocycles. The van der Waals surface area contributed by atoms with Crippen LogP contribution in [0.4, 0.5) is 5.69 Å². The van der Waals surface area contributed by atoms with E-state index >= 15 is 0 Å². The predicted octanol–water partition coefficient (Wildman–Crippen LogP) is 2.51. The molecule has 1 atom stereocenters. The smallest absolute Gasteiger partial charge is 0.0945 e. The van der Waals surface area contributed by atoms with Gasteiger partial charge in [-0.1, -0.05) is 0 Å². The Kier molecular flexibility index (Phi) is 8.36. The molecule has 5 heteroatoms. The summed E-state index contributed by atoms with van der Waals surface area (Å²) in [5.41, 5.74) is 1.00. The van der Waals surface area contributed by atoms with Gasteiger partial charge in [0.25, 0.3) is 0 Å². The third-order valence-electron chi connectivity index (χ3n) is 2.38. The summed E-state index contributed by atoms with van der Waals surface area (Å²) in [5, 5.41) is 12.9. The molecule has 1 unspecified atom stereocenters. The summed E-state index contributed by atoms with van der Waals surface area (Å²) in [4.78, 5) is 0. The number of aliphatic hydroxyl groups excluding tert-OH is 1. The monoisotopic (exact) mass is 379 g/mol. The van der Waals surface area contributed by atoms with Crippen LogP contribution in [0.3, 0.4) is 0 Å². The molecule has 19 heavy (non-hydrogen) atoms. The highest BCUT2D eigenvalue weighted by atomic mass is 127. The lowest BCUT2D eigenvalue weighted by molar-refractivity contribution is -0.00734. The van der Waals surface area contributed by atoms with Crippen LogP contribution in [0.15, 0.2) is 24.3 Å². The molecule has 0 amide bonds. The average molecular weight is 379 g/mol. The van der Waals surface area contributed by atoms with Gasteiger partial charge in [-0.25, -0.2) is 0 Å². The van der Waals surface area contributed by atoms with E-state index in [-0.39, 0.29) is 6.10 Å². The van der Waals surface area contributed by atoms with Crippen LogP contribution in [0.2, 0.25) is 0 Å². The third-order valence-corrected chi connectivity index (χ3v) is 3.09. The number of anilines is 1. The number of benzene rings is 1. The van der Waals surface area contributed by atoms with Crippen LogP contribution >= 0.6 is 22.6 Å². The van der Waals surface area contributed by atoms with Crippen LogP contribution in [-0.4, -0.2) is 43.7 Å². The second-order valence-electron chi connectivity index (χ2n) is 4.54. The van der Waals surface area contributed by atoms with E-state index in [4.69, 9.17) is 9.47 Å². The summed E-state index contributed by atoms with van der Waals surface area (Å²) >= 11 is 2.26. The Labute approximate surface area is 128 Å². The highest BCUT2D eigenvalue weighted by Gasteiger charge is 2.04. The number of rotatable bonds is 9. The second-order valence-corrected chi connectivity index (χ2v) is 5.78. The highest BCUT2D eigenvalue weighted by Crippen LogP contribution is 2.10. The molecule has 108 valence electrons. The van der Waals surface area contributed by atoms with Crippen LogP contribution in [-0.2, 0) is 9.47 Å². The first-order valence-corrected chi connectivity index (χ1v) is 7.52. The molecule has 1 rings (SSSR count). The molecule has 0 bridgehead atoms. The van der Waals surface area contributed by atoms with Gasteiger partial charge in [-0.2, -0.15) is 0 Å². The van der Waals surface area contributed by atoms with E-state index in [1.165, 1.54) is 3.57 Å². The van der Waals surface area contributed by atoms with Crippen molar-refractivity contribution >= 4 is 28.3 Å². The van der Waals surface area contributed by atoms with Crippen molar-refractivity contribution in [3.8, 4) is 0 Å². The molecule has 0 aliphatic carbocycles. The molecule has 1 aromatic rings. The molecule has 0 heterocycles. The van der Waals surface area contributed by atoms with E-state index in [0.29, 0.717) is 26.4 Å². The van der Waals surface area contributed by atoms with Crippen LogP contribution in [0.5, 0.6) is 0 Å². The number of hydrogen-bond donors (Lipinski definition) is 2. The first-order valence-electron chi connectivity index (χ1n) is 6.45. The molecule has 0 fully saturated rings. The lowest BCUT2D eigenvalue weighted by Crippen LogP contribution is -2.25. The minimum absolute atomic E-state index is 0.219. The van der Waals surface area contributed by atoms with Crippen molar-refractivity contribution < 1.29 is 14.6 Å². The van der Waals surface area contributed by atoms with E-state index in [9.17, 15) is 5.11 Å². The van der Waals surface area contributed by atoms with Crippen molar-refractivity contribution in [3.63, 3.8) is 0 Å². The maximum atomic E-state index is 9.74. The number of halogens is 1. The van der Waals surface area contributed by atoms with Gasteiger partial charge in [0.05, 0.1) is 32.0 Å². The Morgan fingerprint density at radius 2 is 1.89 bits per heavy atom. The van der Waals surface area contributed by atoms with Gasteiger partial charge >= 0.3 is 0 Å². The quantitative estimate of drug-likeness (QED) is 0.512. The van der Waals surface area contributed by atoms with Crippen LogP contribution < -0.4 is 5.32 Å². The molecule has 0 aromatic heterocycles. The molecular formula is C14H22INO3. The van der Waals surface area contributed by atoms with Crippen molar-refractivity contribution in [3.05, 3.63) is 27.8 Å². The summed E-state index contributed by atoms with van der Waals surface area (Å²) < 4.78 is 11.9. The maximum Gasteiger partial charge on any atom is 0.0945 e. The molecule has 0 radical (unpaired) electrons. The summed E-state index contributed by atoms with van der Waals surface area (Å²) in [6.45, 7) is 5.85. The average Bonchev–Trinajstić information content (AvgIpc) is 2.37. The topological polar surface area (TPSA) is 50.7 Å². The molecule has 0 saturated carbocycles. The van der Waals surface area contributed by atoms with Crippen molar-refractivity contribution in [1.82, 2.24) is 0 Å². The van der Waals surface area contributed by atoms with Crippen molar-refractivity contribution in [2.24, 2.45) is 0 Å². The lowest BCUT2D eigenvalue weighted by atomic mass is 10.3. The number of ether oxygens (including phenoxy) is 2. The lowest BCUT2D eigenvalue weighted by Gasteiger charge is -2.14. The second kappa shape index (κ2) is 9.52. The van der Waals surface area contributed by atoms with Crippen molar-refractivity contribution in [2.45, 2.75) is 26.1 Å². The third kappa shape index (κ3) is 8.41. The Morgan fingerprint density at radius 3 is 2.53 bits per heavy atom. The minimum atomic E-state index is -0.515. The Balaban J connectivity index is 2.07. The van der Waals surface area contributed by atoms with Gasteiger partial charge in [0, 0.05) is 15.8 Å². The van der Waals surface area contributed by atoms with Crippen LogP contribution in [0.25, 0.3) is 0 Å². The van der Waals surface area contributed by atoms with E-state index in [0.717, 1.165) is 5.69 Å². The van der Waals surface area contributed by atoms with Gasteiger partial charge < -0.3 is 19.9 Å². The highest BCUT2D eigenvalue weighted by molar-refractivity contribution is 14.1. The fraction of sp³-hybridized carbons (Fsp3) is 0.571. The Morgan fingerprint density at radius 1 is 1.21 bits per heavy atom. The van der Waals surface area contributed by atoms with E-state index in [1.807, 2.05) is 38.1 Å². The largest absolute Gasteiger partial charge is 0.389 e. The molecule has 2 N–H and O–H groups in total. The summed E-state index contributed by atoms with van der Waals surface area (Å²) in [6.07, 6.45) is -0.297. The molecule has 4 nitrogen and oxygen atoms in total. The van der Waals surface area contributed by atoms with Gasteiger partial charge in [-0.3, -0.25) is 0 Å². The maximum absolute atomic E-state index is 9.74. The Hall–Kier alpha value is -0.370. The zero-order chi connectivity index (χ0) is 14.1. The zero-order valence-corrected chi connectivity index (χ0v) is 13.6. The Bertz CT molecular complexity index is 343. The van der Waals surface area contributed by atoms with Gasteiger partial charge in [0.2, 0.25) is 0 Å². The number of nitrogens with one attached hydrogen (secondary N) is 1. The standard InChI is InChI=1S/C14H22INO3/c1-11(2)19-8-7-18-10-14(17)9-16-13-5-3-12(15)4-6-13/h3-6,11,14,16-17H,7-10H2,1-2H3. The fourth-order valence-electron chi connectivity index (χ4n) is 1.42. The summed E-state index contributed by atoms with van der Waals surface area (Å²) in [5.74, 6) is 0. The van der Waals surface area contributed by atoms with Crippen molar-refractivity contribution in [2.75, 3.05) is 31.7 Å². The number of hydrogen-bond acceptors (Lipinski definition) is 4. The molecular weight excluding hydrogens is 357 g/mol. The molecule has 1 aromatic carbocycles. The molecule has 0 aliphatic rings. The van der Waals surface area contributed by atoms with Gasteiger partial charge in [-0.05, 0) is 60.7 Å². The number of aliphatic hydroxyl groups is 1.